The van der Waals surface area contributed by atoms with E-state index in [1.807, 2.05) is 54.3 Å². The molecule has 1 atom stereocenters. The lowest BCUT2D eigenvalue weighted by Crippen LogP contribution is -2.32. The molecular formula is C26H28N2O3. The molecule has 4 rings (SSSR count). The first kappa shape index (κ1) is 20.9. The number of amides is 1. The first-order valence-corrected chi connectivity index (χ1v) is 10.7. The number of carbonyl (C=O) groups is 1. The van der Waals surface area contributed by atoms with E-state index < -0.39 is 0 Å². The Balaban J connectivity index is 1.44. The highest BCUT2D eigenvalue weighted by Gasteiger charge is 2.30. The van der Waals surface area contributed by atoms with Crippen molar-refractivity contribution in [3.8, 4) is 5.75 Å². The highest BCUT2D eigenvalue weighted by Crippen LogP contribution is 2.29. The van der Waals surface area contributed by atoms with Gasteiger partial charge in [0.2, 0.25) is 5.91 Å². The molecule has 1 unspecified atom stereocenters. The predicted octanol–water partition coefficient (Wildman–Crippen LogP) is 3.90. The van der Waals surface area contributed by atoms with E-state index >= 15 is 0 Å². The Kier molecular flexibility index (Phi) is 6.21. The second-order valence-corrected chi connectivity index (χ2v) is 8.18. The molecule has 1 fully saturated rings. The summed E-state index contributed by atoms with van der Waals surface area (Å²) >= 11 is 0. The number of benzene rings is 2. The van der Waals surface area contributed by atoms with Crippen LogP contribution >= 0.6 is 0 Å². The van der Waals surface area contributed by atoms with Gasteiger partial charge < -0.3 is 14.2 Å². The average molecular weight is 417 g/mol. The Hall–Kier alpha value is -3.34. The van der Waals surface area contributed by atoms with Gasteiger partial charge in [-0.3, -0.25) is 9.59 Å². The van der Waals surface area contributed by atoms with Crippen LogP contribution in [0, 0.1) is 6.92 Å². The molecule has 0 aliphatic carbocycles. The van der Waals surface area contributed by atoms with Gasteiger partial charge in [0.15, 0.2) is 0 Å². The van der Waals surface area contributed by atoms with Gasteiger partial charge in [-0.05, 0) is 24.1 Å². The van der Waals surface area contributed by atoms with Crippen LogP contribution in [0.1, 0.15) is 35.6 Å². The van der Waals surface area contributed by atoms with Gasteiger partial charge in [0.05, 0.1) is 6.54 Å². The number of hydrogen-bond donors (Lipinski definition) is 0. The summed E-state index contributed by atoms with van der Waals surface area (Å²) in [6.07, 6.45) is 1.09. The molecule has 0 bridgehead atoms. The minimum Gasteiger partial charge on any atom is -0.488 e. The fourth-order valence-electron chi connectivity index (χ4n) is 4.15. The van der Waals surface area contributed by atoms with E-state index in [2.05, 4.69) is 24.3 Å². The number of ether oxygens (including phenoxy) is 1. The largest absolute Gasteiger partial charge is 0.488 e. The first-order chi connectivity index (χ1) is 15.0. The van der Waals surface area contributed by atoms with E-state index in [4.69, 9.17) is 4.74 Å². The summed E-state index contributed by atoms with van der Waals surface area (Å²) in [5.41, 5.74) is 3.05. The fourth-order valence-corrected chi connectivity index (χ4v) is 4.15. The molecule has 5 heteroatoms. The van der Waals surface area contributed by atoms with Gasteiger partial charge >= 0.3 is 0 Å². The molecule has 160 valence electrons. The summed E-state index contributed by atoms with van der Waals surface area (Å²) < 4.78 is 7.63. The van der Waals surface area contributed by atoms with Crippen molar-refractivity contribution in [2.45, 2.75) is 31.8 Å². The second kappa shape index (κ2) is 9.21. The Morgan fingerprint density at radius 2 is 1.65 bits per heavy atom. The predicted molar refractivity (Wildman–Crippen MR) is 121 cm³/mol. The zero-order chi connectivity index (χ0) is 21.8. The minimum absolute atomic E-state index is 0.0228. The van der Waals surface area contributed by atoms with E-state index in [1.54, 1.807) is 11.6 Å². The lowest BCUT2D eigenvalue weighted by atomic mass is 9.88. The summed E-state index contributed by atoms with van der Waals surface area (Å²) in [5, 5.41) is 0. The summed E-state index contributed by atoms with van der Waals surface area (Å²) in [7, 11) is 1.74. The van der Waals surface area contributed by atoms with Crippen LogP contribution in [-0.4, -0.2) is 34.6 Å². The molecule has 5 nitrogen and oxygen atoms in total. The van der Waals surface area contributed by atoms with Crippen molar-refractivity contribution in [3.63, 3.8) is 0 Å². The van der Waals surface area contributed by atoms with Gasteiger partial charge in [0.25, 0.3) is 5.56 Å². The Morgan fingerprint density at radius 1 is 1.03 bits per heavy atom. The van der Waals surface area contributed by atoms with Gasteiger partial charge in [0, 0.05) is 44.1 Å². The third-order valence-corrected chi connectivity index (χ3v) is 6.06. The maximum atomic E-state index is 13.2. The van der Waals surface area contributed by atoms with Gasteiger partial charge in [-0.1, -0.05) is 60.7 Å². The number of hydrogen-bond acceptors (Lipinski definition) is 3. The molecule has 1 aliphatic heterocycles. The molecule has 1 aliphatic rings. The van der Waals surface area contributed by atoms with Crippen molar-refractivity contribution in [3.05, 3.63) is 100.0 Å². The average Bonchev–Trinajstić information content (AvgIpc) is 3.25. The van der Waals surface area contributed by atoms with Crippen molar-refractivity contribution in [2.75, 3.05) is 13.1 Å². The molecule has 1 amide bonds. The lowest BCUT2D eigenvalue weighted by molar-refractivity contribution is -0.130. The number of carbonyl (C=O) groups excluding carboxylic acids is 1. The van der Waals surface area contributed by atoms with Gasteiger partial charge in [0.1, 0.15) is 11.9 Å². The van der Waals surface area contributed by atoms with Crippen LogP contribution in [0.2, 0.25) is 0 Å². The van der Waals surface area contributed by atoms with Crippen LogP contribution in [0.25, 0.3) is 0 Å². The molecule has 2 heterocycles. The maximum Gasteiger partial charge on any atom is 0.254 e. The van der Waals surface area contributed by atoms with E-state index in [0.29, 0.717) is 25.3 Å². The van der Waals surface area contributed by atoms with E-state index in [0.717, 1.165) is 23.2 Å². The van der Waals surface area contributed by atoms with Crippen LogP contribution in [0.5, 0.6) is 5.75 Å². The molecule has 0 N–H and O–H groups in total. The second-order valence-electron chi connectivity index (χ2n) is 8.18. The Labute approximate surface area is 182 Å². The number of likely N-dealkylation sites (tertiary alicyclic amines) is 1. The molecule has 0 spiro atoms. The van der Waals surface area contributed by atoms with Crippen LogP contribution in [0.4, 0.5) is 0 Å². The standard InChI is InChI=1S/C26H28N2O3/c1-19-15-23(16-25(29)27(19)2)31-22-13-14-28(18-22)26(30)17-24(20-9-5-3-6-10-20)21-11-7-4-8-12-21/h3-12,15-16,22,24H,13-14,17-18H2,1-2H3. The van der Waals surface area contributed by atoms with Crippen LogP contribution in [-0.2, 0) is 11.8 Å². The number of pyridine rings is 1. The van der Waals surface area contributed by atoms with Gasteiger partial charge in [-0.25, -0.2) is 0 Å². The summed E-state index contributed by atoms with van der Waals surface area (Å²) in [4.78, 5) is 27.1. The molecule has 31 heavy (non-hydrogen) atoms. The third-order valence-electron chi connectivity index (χ3n) is 6.06. The molecular weight excluding hydrogens is 388 g/mol. The van der Waals surface area contributed by atoms with Crippen molar-refractivity contribution < 1.29 is 9.53 Å². The molecule has 0 radical (unpaired) electrons. The van der Waals surface area contributed by atoms with E-state index in [9.17, 15) is 9.59 Å². The normalized spacial score (nSPS) is 16.0. The lowest BCUT2D eigenvalue weighted by Gasteiger charge is -2.22. The fraction of sp³-hybridized carbons (Fsp3) is 0.308. The maximum absolute atomic E-state index is 13.2. The molecule has 3 aromatic rings. The van der Waals surface area contributed by atoms with Crippen molar-refractivity contribution in [1.29, 1.82) is 0 Å². The van der Waals surface area contributed by atoms with Gasteiger partial charge in [-0.2, -0.15) is 0 Å². The van der Waals surface area contributed by atoms with Crippen LogP contribution < -0.4 is 10.3 Å². The SMILES string of the molecule is Cc1cc(OC2CCN(C(=O)CC(c3ccccc3)c3ccccc3)C2)cc(=O)n1C. The van der Waals surface area contributed by atoms with Crippen LogP contribution in [0.15, 0.2) is 77.6 Å². The number of aryl methyl sites for hydroxylation is 1. The highest BCUT2D eigenvalue weighted by molar-refractivity contribution is 5.78. The highest BCUT2D eigenvalue weighted by atomic mass is 16.5. The summed E-state index contributed by atoms with van der Waals surface area (Å²) in [6, 6.07) is 23.8. The Bertz CT molecular complexity index is 1050. The topological polar surface area (TPSA) is 51.5 Å². The third kappa shape index (κ3) is 4.88. The number of rotatable bonds is 6. The number of aromatic nitrogens is 1. The summed E-state index contributed by atoms with van der Waals surface area (Å²) in [5.74, 6) is 0.727. The minimum atomic E-state index is -0.0950. The molecule has 0 saturated carbocycles. The van der Waals surface area contributed by atoms with Crippen LogP contribution in [0.3, 0.4) is 0 Å². The van der Waals surface area contributed by atoms with Crippen molar-refractivity contribution in [2.24, 2.45) is 7.05 Å². The van der Waals surface area contributed by atoms with E-state index in [-0.39, 0.29) is 23.5 Å². The van der Waals surface area contributed by atoms with E-state index in [1.165, 1.54) is 6.07 Å². The van der Waals surface area contributed by atoms with Crippen molar-refractivity contribution >= 4 is 5.91 Å². The number of nitrogens with zero attached hydrogens (tertiary/aromatic N) is 2. The molecule has 2 aromatic carbocycles. The quantitative estimate of drug-likeness (QED) is 0.613. The first-order valence-electron chi connectivity index (χ1n) is 10.7. The van der Waals surface area contributed by atoms with Gasteiger partial charge in [-0.15, -0.1) is 0 Å². The Morgan fingerprint density at radius 3 is 2.23 bits per heavy atom. The zero-order valence-electron chi connectivity index (χ0n) is 18.0. The smallest absolute Gasteiger partial charge is 0.254 e. The summed E-state index contributed by atoms with van der Waals surface area (Å²) in [6.45, 7) is 3.10. The zero-order valence-corrected chi connectivity index (χ0v) is 18.0. The molecule has 1 aromatic heterocycles. The molecule has 1 saturated heterocycles. The van der Waals surface area contributed by atoms with Crippen molar-refractivity contribution in [1.82, 2.24) is 9.47 Å². The monoisotopic (exact) mass is 416 g/mol.